The molecule has 0 unspecified atom stereocenters. The standard InChI is InChI=1S/C21H17F2NO2S/c1-13(2)21(22,23)15-5-3-14(4-6-15)18-11-12-19(27-18)20(26)24-16-7-9-17(25)10-8-16/h3-12,25H,1H2,2H3,(H,24,26). The lowest BCUT2D eigenvalue weighted by Gasteiger charge is -2.16. The van der Waals surface area contributed by atoms with Gasteiger partial charge in [-0.1, -0.05) is 30.8 Å². The zero-order valence-electron chi connectivity index (χ0n) is 14.5. The minimum Gasteiger partial charge on any atom is -0.508 e. The molecule has 0 aliphatic rings. The molecule has 0 radical (unpaired) electrons. The van der Waals surface area contributed by atoms with Crippen LogP contribution in [0.25, 0.3) is 10.4 Å². The third-order valence-electron chi connectivity index (χ3n) is 4.02. The molecule has 6 heteroatoms. The van der Waals surface area contributed by atoms with Gasteiger partial charge in [0, 0.05) is 16.1 Å². The summed E-state index contributed by atoms with van der Waals surface area (Å²) in [5.41, 5.74) is 1.00. The van der Waals surface area contributed by atoms with Gasteiger partial charge in [0.25, 0.3) is 11.8 Å². The van der Waals surface area contributed by atoms with E-state index in [1.54, 1.807) is 36.4 Å². The molecule has 0 bridgehead atoms. The summed E-state index contributed by atoms with van der Waals surface area (Å²) in [6.07, 6.45) is 0. The number of phenolic OH excluding ortho intramolecular Hbond substituents is 1. The fourth-order valence-corrected chi connectivity index (χ4v) is 3.35. The van der Waals surface area contributed by atoms with Crippen molar-refractivity contribution in [3.05, 3.63) is 83.3 Å². The Balaban J connectivity index is 1.76. The third-order valence-corrected chi connectivity index (χ3v) is 5.16. The summed E-state index contributed by atoms with van der Waals surface area (Å²) in [6.45, 7) is 4.64. The van der Waals surface area contributed by atoms with E-state index in [0.717, 1.165) is 10.4 Å². The highest BCUT2D eigenvalue weighted by Crippen LogP contribution is 2.36. The Morgan fingerprint density at radius 2 is 1.67 bits per heavy atom. The van der Waals surface area contributed by atoms with E-state index >= 15 is 0 Å². The largest absolute Gasteiger partial charge is 0.508 e. The van der Waals surface area contributed by atoms with Crippen LogP contribution in [0.15, 0.2) is 72.8 Å². The van der Waals surface area contributed by atoms with Crippen LogP contribution in [-0.4, -0.2) is 11.0 Å². The third kappa shape index (κ3) is 4.06. The maximum Gasteiger partial charge on any atom is 0.294 e. The monoisotopic (exact) mass is 385 g/mol. The van der Waals surface area contributed by atoms with Crippen LogP contribution >= 0.6 is 11.3 Å². The molecule has 0 saturated heterocycles. The van der Waals surface area contributed by atoms with Gasteiger partial charge in [0.2, 0.25) is 0 Å². The van der Waals surface area contributed by atoms with Gasteiger partial charge >= 0.3 is 0 Å². The van der Waals surface area contributed by atoms with Crippen molar-refractivity contribution in [1.82, 2.24) is 0 Å². The van der Waals surface area contributed by atoms with Gasteiger partial charge in [-0.2, -0.15) is 8.78 Å². The number of aromatic hydroxyl groups is 1. The molecule has 1 amide bonds. The Kier molecular flexibility index (Phi) is 5.10. The molecule has 0 aliphatic heterocycles. The Bertz CT molecular complexity index is 976. The van der Waals surface area contributed by atoms with Crippen LogP contribution in [-0.2, 0) is 5.92 Å². The van der Waals surface area contributed by atoms with Crippen LogP contribution in [0.4, 0.5) is 14.5 Å². The summed E-state index contributed by atoms with van der Waals surface area (Å²) in [5.74, 6) is -3.22. The van der Waals surface area contributed by atoms with Gasteiger partial charge < -0.3 is 10.4 Å². The quantitative estimate of drug-likeness (QED) is 0.415. The van der Waals surface area contributed by atoms with Gasteiger partial charge in [-0.05, 0) is 54.5 Å². The molecule has 0 aliphatic carbocycles. The summed E-state index contributed by atoms with van der Waals surface area (Å²) in [5, 5.41) is 12.0. The van der Waals surface area contributed by atoms with Gasteiger partial charge in [-0.3, -0.25) is 4.79 Å². The van der Waals surface area contributed by atoms with Crippen LogP contribution < -0.4 is 5.32 Å². The van der Waals surface area contributed by atoms with Crippen molar-refractivity contribution >= 4 is 22.9 Å². The Morgan fingerprint density at radius 1 is 1.04 bits per heavy atom. The molecular weight excluding hydrogens is 368 g/mol. The molecule has 1 heterocycles. The topological polar surface area (TPSA) is 49.3 Å². The number of halogens is 2. The van der Waals surface area contributed by atoms with E-state index in [1.165, 1.54) is 42.5 Å². The van der Waals surface area contributed by atoms with Gasteiger partial charge in [-0.15, -0.1) is 11.3 Å². The average Bonchev–Trinajstić information content (AvgIpc) is 3.14. The smallest absolute Gasteiger partial charge is 0.294 e. The lowest BCUT2D eigenvalue weighted by molar-refractivity contribution is 0.0386. The van der Waals surface area contributed by atoms with Crippen molar-refractivity contribution in [3.8, 4) is 16.2 Å². The van der Waals surface area contributed by atoms with Crippen LogP contribution in [0.3, 0.4) is 0 Å². The number of rotatable bonds is 5. The van der Waals surface area contributed by atoms with Crippen LogP contribution in [0.1, 0.15) is 22.2 Å². The van der Waals surface area contributed by atoms with Crippen LogP contribution in [0, 0.1) is 0 Å². The number of allylic oxidation sites excluding steroid dienone is 1. The lowest BCUT2D eigenvalue weighted by Crippen LogP contribution is -2.13. The Morgan fingerprint density at radius 3 is 2.26 bits per heavy atom. The number of hydrogen-bond acceptors (Lipinski definition) is 3. The second kappa shape index (κ2) is 7.32. The highest BCUT2D eigenvalue weighted by molar-refractivity contribution is 7.17. The van der Waals surface area contributed by atoms with Crippen LogP contribution in [0.5, 0.6) is 5.75 Å². The van der Waals surface area contributed by atoms with Crippen molar-refractivity contribution in [2.75, 3.05) is 5.32 Å². The van der Waals surface area contributed by atoms with Crippen molar-refractivity contribution in [1.29, 1.82) is 0 Å². The molecule has 0 spiro atoms. The van der Waals surface area contributed by atoms with Crippen molar-refractivity contribution < 1.29 is 18.7 Å². The number of anilines is 1. The van der Waals surface area contributed by atoms with E-state index in [-0.39, 0.29) is 22.8 Å². The van der Waals surface area contributed by atoms with Crippen LogP contribution in [0.2, 0.25) is 0 Å². The summed E-state index contributed by atoms with van der Waals surface area (Å²) < 4.78 is 28.0. The predicted octanol–water partition coefficient (Wildman–Crippen LogP) is 6.04. The molecule has 27 heavy (non-hydrogen) atoms. The number of carbonyl (C=O) groups is 1. The SMILES string of the molecule is C=C(C)C(F)(F)c1ccc(-c2ccc(C(=O)Nc3ccc(O)cc3)s2)cc1. The van der Waals surface area contributed by atoms with E-state index in [4.69, 9.17) is 0 Å². The zero-order valence-corrected chi connectivity index (χ0v) is 15.3. The second-order valence-electron chi connectivity index (χ2n) is 6.10. The van der Waals surface area contributed by atoms with Gasteiger partial charge in [0.15, 0.2) is 0 Å². The summed E-state index contributed by atoms with van der Waals surface area (Å²) >= 11 is 1.27. The first-order valence-corrected chi connectivity index (χ1v) is 8.94. The van der Waals surface area contributed by atoms with E-state index in [1.807, 2.05) is 0 Å². The fraction of sp³-hybridized carbons (Fsp3) is 0.0952. The predicted molar refractivity (Wildman–Crippen MR) is 105 cm³/mol. The van der Waals surface area contributed by atoms with Gasteiger partial charge in [0.05, 0.1) is 4.88 Å². The second-order valence-corrected chi connectivity index (χ2v) is 7.18. The minimum absolute atomic E-state index is 0.111. The van der Waals surface area contributed by atoms with Gasteiger partial charge in [-0.25, -0.2) is 0 Å². The number of phenols is 1. The molecule has 2 aromatic carbocycles. The van der Waals surface area contributed by atoms with Gasteiger partial charge in [0.1, 0.15) is 5.75 Å². The molecule has 3 nitrogen and oxygen atoms in total. The van der Waals surface area contributed by atoms with Crippen molar-refractivity contribution in [3.63, 3.8) is 0 Å². The molecular formula is C21H17F2NO2S. The number of hydrogen-bond donors (Lipinski definition) is 2. The molecule has 2 N–H and O–H groups in total. The number of alkyl halides is 2. The molecule has 0 atom stereocenters. The zero-order chi connectivity index (χ0) is 19.6. The average molecular weight is 385 g/mol. The first-order valence-electron chi connectivity index (χ1n) is 8.12. The summed E-state index contributed by atoms with van der Waals surface area (Å²) in [6, 6.07) is 15.6. The number of nitrogens with one attached hydrogen (secondary N) is 1. The number of benzene rings is 2. The Labute approximate surface area is 159 Å². The number of amides is 1. The highest BCUT2D eigenvalue weighted by Gasteiger charge is 2.32. The molecule has 0 saturated carbocycles. The number of carbonyl (C=O) groups excluding carboxylic acids is 1. The first-order chi connectivity index (χ1) is 12.8. The Hall–Kier alpha value is -2.99. The summed E-state index contributed by atoms with van der Waals surface area (Å²) in [7, 11) is 0. The fourth-order valence-electron chi connectivity index (χ4n) is 2.44. The maximum atomic E-state index is 14.0. The normalized spacial score (nSPS) is 11.2. The van der Waals surface area contributed by atoms with E-state index in [9.17, 15) is 18.7 Å². The minimum atomic E-state index is -3.07. The molecule has 0 fully saturated rings. The molecule has 3 rings (SSSR count). The number of thiophene rings is 1. The van der Waals surface area contributed by atoms with E-state index < -0.39 is 5.92 Å². The van der Waals surface area contributed by atoms with E-state index in [2.05, 4.69) is 11.9 Å². The molecule has 138 valence electrons. The highest BCUT2D eigenvalue weighted by atomic mass is 32.1. The van der Waals surface area contributed by atoms with E-state index in [0.29, 0.717) is 10.6 Å². The lowest BCUT2D eigenvalue weighted by atomic mass is 10.0. The van der Waals surface area contributed by atoms with Crippen molar-refractivity contribution in [2.45, 2.75) is 12.8 Å². The molecule has 1 aromatic heterocycles. The molecule has 3 aromatic rings. The maximum absolute atomic E-state index is 14.0. The first kappa shape index (κ1) is 18.8. The van der Waals surface area contributed by atoms with Crippen molar-refractivity contribution in [2.24, 2.45) is 0 Å². The summed E-state index contributed by atoms with van der Waals surface area (Å²) in [4.78, 5) is 13.6.